The predicted molar refractivity (Wildman–Crippen MR) is 146 cm³/mol. The normalized spacial score (nSPS) is 17.7. The Hall–Kier alpha value is -3.70. The zero-order valence-electron chi connectivity index (χ0n) is 21.3. The topological polar surface area (TPSA) is 99.4 Å². The van der Waals surface area contributed by atoms with Crippen molar-refractivity contribution in [2.24, 2.45) is 4.99 Å². The van der Waals surface area contributed by atoms with Gasteiger partial charge in [-0.05, 0) is 50.2 Å². The number of rotatable bonds is 5. The number of carbonyl (C=O) groups excluding carboxylic acids is 2. The van der Waals surface area contributed by atoms with Crippen LogP contribution in [0.1, 0.15) is 31.0 Å². The van der Waals surface area contributed by atoms with Gasteiger partial charge in [-0.15, -0.1) is 0 Å². The van der Waals surface area contributed by atoms with E-state index in [-0.39, 0.29) is 22.6 Å². The van der Waals surface area contributed by atoms with Crippen LogP contribution in [-0.2, 0) is 14.3 Å². The summed E-state index contributed by atoms with van der Waals surface area (Å²) >= 11 is 4.58. The van der Waals surface area contributed by atoms with E-state index in [1.165, 1.54) is 23.7 Å². The zero-order chi connectivity index (χ0) is 27.3. The lowest BCUT2D eigenvalue weighted by Crippen LogP contribution is -2.41. The number of anilines is 1. The molecular weight excluding hydrogens is 574 g/mol. The number of hydrogen-bond donors (Lipinski definition) is 0. The third-order valence-electron chi connectivity index (χ3n) is 6.56. The fourth-order valence-corrected chi connectivity index (χ4v) is 6.30. The van der Waals surface area contributed by atoms with Crippen molar-refractivity contribution in [2.45, 2.75) is 19.9 Å². The van der Waals surface area contributed by atoms with Gasteiger partial charge in [-0.3, -0.25) is 14.2 Å². The highest BCUT2D eigenvalue weighted by Crippen LogP contribution is 2.39. The second-order valence-corrected chi connectivity index (χ2v) is 10.5. The number of amides is 1. The van der Waals surface area contributed by atoms with Gasteiger partial charge < -0.3 is 19.1 Å². The Balaban J connectivity index is 1.87. The van der Waals surface area contributed by atoms with Crippen LogP contribution in [-0.4, -0.2) is 44.3 Å². The van der Waals surface area contributed by atoms with Crippen LogP contribution >= 0.6 is 27.3 Å². The van der Waals surface area contributed by atoms with Crippen molar-refractivity contribution in [2.75, 3.05) is 32.8 Å². The monoisotopic (exact) mass is 597 g/mol. The number of methoxy groups -OCH3 is 2. The van der Waals surface area contributed by atoms with E-state index in [1.54, 1.807) is 39.1 Å². The van der Waals surface area contributed by atoms with Gasteiger partial charge in [-0.2, -0.15) is 0 Å². The van der Waals surface area contributed by atoms with Crippen LogP contribution in [0.2, 0.25) is 0 Å². The summed E-state index contributed by atoms with van der Waals surface area (Å²) in [4.78, 5) is 47.3. The van der Waals surface area contributed by atoms with E-state index in [0.717, 1.165) is 15.8 Å². The molecule has 196 valence electrons. The van der Waals surface area contributed by atoms with Crippen LogP contribution < -0.4 is 29.3 Å². The molecule has 0 bridgehead atoms. The van der Waals surface area contributed by atoms with Crippen molar-refractivity contribution in [1.29, 1.82) is 0 Å². The third kappa shape index (κ3) is 3.97. The Labute approximate surface area is 230 Å². The molecule has 0 saturated carbocycles. The molecule has 1 aromatic heterocycles. The molecule has 3 heterocycles. The summed E-state index contributed by atoms with van der Waals surface area (Å²) in [5.41, 5.74) is 2.35. The fraction of sp³-hybridized carbons (Fsp3) is 0.259. The van der Waals surface area contributed by atoms with E-state index in [4.69, 9.17) is 14.2 Å². The van der Waals surface area contributed by atoms with E-state index in [2.05, 4.69) is 20.9 Å². The molecule has 3 aromatic rings. The highest BCUT2D eigenvalue weighted by molar-refractivity contribution is 9.10. The minimum absolute atomic E-state index is 0.151. The maximum atomic E-state index is 14.2. The quantitative estimate of drug-likeness (QED) is 0.419. The van der Waals surface area contributed by atoms with E-state index in [0.29, 0.717) is 44.4 Å². The first-order chi connectivity index (χ1) is 18.2. The maximum Gasteiger partial charge on any atom is 0.338 e. The Bertz CT molecular complexity index is 1720. The summed E-state index contributed by atoms with van der Waals surface area (Å²) in [6, 6.07) is 9.75. The maximum absolute atomic E-state index is 14.2. The summed E-state index contributed by atoms with van der Waals surface area (Å²) in [6.45, 7) is 3.57. The average molecular weight is 598 g/mol. The molecular formula is C27H24BrN3O6S. The van der Waals surface area contributed by atoms with Crippen LogP contribution in [0.15, 0.2) is 61.9 Å². The number of esters is 1. The van der Waals surface area contributed by atoms with Crippen molar-refractivity contribution >= 4 is 50.4 Å². The van der Waals surface area contributed by atoms with Crippen LogP contribution in [0.25, 0.3) is 5.57 Å². The minimum Gasteiger partial charge on any atom is -0.497 e. The second kappa shape index (κ2) is 9.88. The number of halogens is 1. The smallest absolute Gasteiger partial charge is 0.338 e. The molecule has 38 heavy (non-hydrogen) atoms. The van der Waals surface area contributed by atoms with Crippen LogP contribution in [0.5, 0.6) is 11.5 Å². The van der Waals surface area contributed by atoms with E-state index < -0.39 is 17.6 Å². The molecule has 2 aliphatic heterocycles. The number of likely N-dealkylation sites (N-methyl/N-ethyl adjacent to an activating group) is 1. The Morgan fingerprint density at radius 2 is 1.89 bits per heavy atom. The first kappa shape index (κ1) is 25.9. The number of aromatic nitrogens is 1. The lowest BCUT2D eigenvalue weighted by atomic mass is 9.94. The highest BCUT2D eigenvalue weighted by atomic mass is 79.9. The van der Waals surface area contributed by atoms with Gasteiger partial charge in [0.05, 0.1) is 43.4 Å². The molecule has 9 nitrogen and oxygen atoms in total. The third-order valence-corrected chi connectivity index (χ3v) is 8.11. The molecule has 5 rings (SSSR count). The van der Waals surface area contributed by atoms with Crippen molar-refractivity contribution in [3.8, 4) is 11.5 Å². The van der Waals surface area contributed by atoms with Gasteiger partial charge in [0.2, 0.25) is 0 Å². The lowest BCUT2D eigenvalue weighted by Gasteiger charge is -2.26. The molecule has 0 unspecified atom stereocenters. The first-order valence-electron chi connectivity index (χ1n) is 11.7. The molecule has 0 N–H and O–H groups in total. The summed E-state index contributed by atoms with van der Waals surface area (Å²) in [5.74, 6) is 0.0965. The summed E-state index contributed by atoms with van der Waals surface area (Å²) < 4.78 is 18.9. The van der Waals surface area contributed by atoms with Gasteiger partial charge in [-0.1, -0.05) is 27.3 Å². The molecule has 0 aliphatic carbocycles. The number of benzene rings is 2. The number of hydrogen-bond acceptors (Lipinski definition) is 8. The van der Waals surface area contributed by atoms with Crippen molar-refractivity contribution in [3.05, 3.63) is 83.0 Å². The molecule has 1 amide bonds. The van der Waals surface area contributed by atoms with Gasteiger partial charge in [0.15, 0.2) is 4.80 Å². The number of fused-ring (bicyclic) bond motifs is 2. The number of thiazole rings is 1. The predicted octanol–water partition coefficient (Wildman–Crippen LogP) is 2.92. The molecule has 2 aromatic carbocycles. The summed E-state index contributed by atoms with van der Waals surface area (Å²) in [6.07, 6.45) is 0. The Morgan fingerprint density at radius 3 is 2.58 bits per heavy atom. The van der Waals surface area contributed by atoms with Crippen molar-refractivity contribution in [3.63, 3.8) is 0 Å². The van der Waals surface area contributed by atoms with Gasteiger partial charge in [0, 0.05) is 22.6 Å². The number of carbonyl (C=O) groups is 2. The molecule has 0 fully saturated rings. The van der Waals surface area contributed by atoms with Crippen LogP contribution in [0.3, 0.4) is 0 Å². The van der Waals surface area contributed by atoms with Crippen molar-refractivity contribution < 1.29 is 23.8 Å². The Morgan fingerprint density at radius 1 is 1.13 bits per heavy atom. The highest BCUT2D eigenvalue weighted by Gasteiger charge is 2.37. The van der Waals surface area contributed by atoms with Gasteiger partial charge in [-0.25, -0.2) is 9.79 Å². The lowest BCUT2D eigenvalue weighted by molar-refractivity contribution is -0.139. The van der Waals surface area contributed by atoms with E-state index in [9.17, 15) is 14.4 Å². The van der Waals surface area contributed by atoms with Crippen molar-refractivity contribution in [1.82, 2.24) is 4.57 Å². The fourth-order valence-electron chi connectivity index (χ4n) is 4.80. The molecule has 0 radical (unpaired) electrons. The summed E-state index contributed by atoms with van der Waals surface area (Å²) in [7, 11) is 4.72. The number of nitrogens with zero attached hydrogens (tertiary/aromatic N) is 3. The van der Waals surface area contributed by atoms with E-state index >= 15 is 0 Å². The van der Waals surface area contributed by atoms with Gasteiger partial charge in [0.1, 0.15) is 22.1 Å². The molecule has 2 aliphatic rings. The molecule has 11 heteroatoms. The SMILES string of the molecule is CCOC(=O)C1=C(C)N=c2s/c(=C3\C(=O)N(C)c4ccc(Br)cc43)c(=O)n2[C@H]1c1cc(OC)ccc1OC. The first-order valence-corrected chi connectivity index (χ1v) is 13.3. The zero-order valence-corrected chi connectivity index (χ0v) is 23.7. The summed E-state index contributed by atoms with van der Waals surface area (Å²) in [5, 5.41) is 0. The molecule has 1 atom stereocenters. The van der Waals surface area contributed by atoms with E-state index in [1.807, 2.05) is 18.2 Å². The molecule has 0 saturated heterocycles. The Kier molecular flexibility index (Phi) is 6.74. The number of ether oxygens (including phenoxy) is 3. The number of allylic oxidation sites excluding steroid dienone is 1. The van der Waals surface area contributed by atoms with Gasteiger partial charge >= 0.3 is 5.97 Å². The average Bonchev–Trinajstić information content (AvgIpc) is 3.34. The second-order valence-electron chi connectivity index (χ2n) is 8.63. The minimum atomic E-state index is -0.916. The van der Waals surface area contributed by atoms with Crippen LogP contribution in [0, 0.1) is 0 Å². The standard InChI is InChI=1S/C27H24BrN3O6S/c1-6-37-26(34)20-13(2)29-27-31(22(20)17-12-15(35-4)8-10-19(17)36-5)25(33)23(38-27)21-16-11-14(28)7-9-18(16)30(3)24(21)32/h7-12,22H,6H2,1-5H3/b23-21-/t22-/m0/s1. The van der Waals surface area contributed by atoms with Crippen LogP contribution in [0.4, 0.5) is 5.69 Å². The largest absolute Gasteiger partial charge is 0.497 e. The molecule has 0 spiro atoms. The van der Waals surface area contributed by atoms with Gasteiger partial charge in [0.25, 0.3) is 11.5 Å².